The Morgan fingerprint density at radius 2 is 2.31 bits per heavy atom. The quantitative estimate of drug-likeness (QED) is 0.704. The van der Waals surface area contributed by atoms with Crippen molar-refractivity contribution in [2.75, 3.05) is 0 Å². The van der Waals surface area contributed by atoms with Crippen LogP contribution in [0.5, 0.6) is 0 Å². The Labute approximate surface area is 90.9 Å². The molecule has 1 unspecified atom stereocenters. The van der Waals surface area contributed by atoms with E-state index in [1.54, 1.807) is 30.6 Å². The molecule has 78 valence electrons. The van der Waals surface area contributed by atoms with Crippen molar-refractivity contribution in [3.63, 3.8) is 0 Å². The third-order valence-electron chi connectivity index (χ3n) is 2.78. The zero-order chi connectivity index (χ0) is 11.2. The number of fused-ring (bicyclic) bond motifs is 2. The predicted molar refractivity (Wildman–Crippen MR) is 59.8 cm³/mol. The summed E-state index contributed by atoms with van der Waals surface area (Å²) in [5, 5.41) is 17.0. The zero-order valence-electron chi connectivity index (χ0n) is 8.16. The minimum atomic E-state index is -1.17. The molecule has 3 rings (SSSR count). The Kier molecular flexibility index (Phi) is 1.60. The van der Waals surface area contributed by atoms with E-state index in [9.17, 15) is 9.90 Å². The molecule has 2 aliphatic heterocycles. The highest BCUT2D eigenvalue weighted by Gasteiger charge is 2.42. The second-order valence-corrected chi connectivity index (χ2v) is 3.70. The lowest BCUT2D eigenvalue weighted by molar-refractivity contribution is -0.140. The first-order valence-corrected chi connectivity index (χ1v) is 4.73. The van der Waals surface area contributed by atoms with Gasteiger partial charge in [0.15, 0.2) is 0 Å². The molecule has 0 fully saturated rings. The first-order chi connectivity index (χ1) is 7.72. The van der Waals surface area contributed by atoms with Crippen LogP contribution in [0.2, 0.25) is 0 Å². The smallest absolute Gasteiger partial charge is 0.323 e. The number of hydrogen-bond donors (Lipinski definition) is 1. The SMILES string of the molecule is O=C(O)C12C=NC=CC1=CC1=NN=CC1=C2. The van der Waals surface area contributed by atoms with Crippen molar-refractivity contribution in [1.82, 2.24) is 0 Å². The third kappa shape index (κ3) is 0.995. The van der Waals surface area contributed by atoms with Gasteiger partial charge in [-0.05, 0) is 23.8 Å². The van der Waals surface area contributed by atoms with Crippen LogP contribution in [-0.2, 0) is 4.79 Å². The van der Waals surface area contributed by atoms with Gasteiger partial charge in [0.25, 0.3) is 0 Å². The maximum absolute atomic E-state index is 11.4. The van der Waals surface area contributed by atoms with Crippen molar-refractivity contribution < 1.29 is 9.90 Å². The van der Waals surface area contributed by atoms with E-state index < -0.39 is 11.4 Å². The molecule has 0 saturated heterocycles. The second kappa shape index (κ2) is 2.85. The molecule has 0 amide bonds. The first-order valence-electron chi connectivity index (χ1n) is 4.73. The number of nitrogens with zero attached hydrogens (tertiary/aromatic N) is 3. The second-order valence-electron chi connectivity index (χ2n) is 3.70. The Hall–Kier alpha value is -2.30. The van der Waals surface area contributed by atoms with Gasteiger partial charge in [0.2, 0.25) is 0 Å². The average molecular weight is 213 g/mol. The molecule has 2 heterocycles. The van der Waals surface area contributed by atoms with Gasteiger partial charge in [0, 0.05) is 18.0 Å². The molecule has 0 bridgehead atoms. The summed E-state index contributed by atoms with van der Waals surface area (Å²) < 4.78 is 0. The lowest BCUT2D eigenvalue weighted by atomic mass is 9.74. The summed E-state index contributed by atoms with van der Waals surface area (Å²) in [4.78, 5) is 15.3. The molecule has 0 aromatic heterocycles. The molecule has 0 aromatic carbocycles. The van der Waals surface area contributed by atoms with Crippen molar-refractivity contribution in [2.45, 2.75) is 0 Å². The van der Waals surface area contributed by atoms with Crippen molar-refractivity contribution in [3.8, 4) is 0 Å². The standard InChI is InChI=1S/C11H7N3O2/c15-10(16)11-4-7-5-13-14-9(7)3-8(11)1-2-12-6-11/h1-6H,(H,15,16). The van der Waals surface area contributed by atoms with Crippen molar-refractivity contribution >= 4 is 24.1 Å². The number of aliphatic imine (C=N–C) groups is 1. The van der Waals surface area contributed by atoms with Crippen LogP contribution in [-0.4, -0.2) is 29.2 Å². The van der Waals surface area contributed by atoms with E-state index in [1.165, 1.54) is 6.21 Å². The number of hydrogen-bond acceptors (Lipinski definition) is 4. The van der Waals surface area contributed by atoms with E-state index in [-0.39, 0.29) is 0 Å². The van der Waals surface area contributed by atoms with Crippen LogP contribution in [0, 0.1) is 5.41 Å². The Balaban J connectivity index is 2.24. The number of carboxylic acids is 1. The fourth-order valence-corrected chi connectivity index (χ4v) is 1.92. The van der Waals surface area contributed by atoms with Crippen molar-refractivity contribution in [1.29, 1.82) is 0 Å². The lowest BCUT2D eigenvalue weighted by Crippen LogP contribution is -2.36. The summed E-state index contributed by atoms with van der Waals surface area (Å²) in [5.74, 6) is -0.946. The van der Waals surface area contributed by atoms with Gasteiger partial charge in [-0.2, -0.15) is 10.2 Å². The first kappa shape index (κ1) is 8.96. The van der Waals surface area contributed by atoms with Gasteiger partial charge >= 0.3 is 5.97 Å². The highest BCUT2D eigenvalue weighted by Crippen LogP contribution is 2.36. The molecule has 5 nitrogen and oxygen atoms in total. The highest BCUT2D eigenvalue weighted by molar-refractivity contribution is 6.27. The number of rotatable bonds is 1. The number of allylic oxidation sites excluding steroid dienone is 3. The van der Waals surface area contributed by atoms with E-state index in [2.05, 4.69) is 15.2 Å². The van der Waals surface area contributed by atoms with Gasteiger partial charge < -0.3 is 5.11 Å². The molecule has 0 saturated carbocycles. The molecule has 1 atom stereocenters. The van der Waals surface area contributed by atoms with Gasteiger partial charge in [-0.15, -0.1) is 0 Å². The molecule has 1 aliphatic carbocycles. The molecular formula is C11H7N3O2. The molecule has 0 aromatic rings. The minimum Gasteiger partial charge on any atom is -0.480 e. The van der Waals surface area contributed by atoms with Crippen molar-refractivity contribution in [2.24, 2.45) is 20.6 Å². The molecule has 1 N–H and O–H groups in total. The number of aliphatic carboxylic acids is 1. The molecule has 3 aliphatic rings. The van der Waals surface area contributed by atoms with Gasteiger partial charge in [-0.1, -0.05) is 0 Å². The average Bonchev–Trinajstić information content (AvgIpc) is 2.72. The Bertz CT molecular complexity index is 564. The van der Waals surface area contributed by atoms with Crippen LogP contribution in [0.3, 0.4) is 0 Å². The predicted octanol–water partition coefficient (Wildman–Crippen LogP) is 0.962. The highest BCUT2D eigenvalue weighted by atomic mass is 16.4. The maximum atomic E-state index is 11.4. The Morgan fingerprint density at radius 3 is 3.12 bits per heavy atom. The van der Waals surface area contributed by atoms with E-state index >= 15 is 0 Å². The molecular weight excluding hydrogens is 206 g/mol. The minimum absolute atomic E-state index is 0.656. The van der Waals surface area contributed by atoms with Crippen LogP contribution in [0.25, 0.3) is 0 Å². The monoisotopic (exact) mass is 213 g/mol. The summed E-state index contributed by atoms with van der Waals surface area (Å²) >= 11 is 0. The fourth-order valence-electron chi connectivity index (χ4n) is 1.92. The number of carbonyl (C=O) groups is 1. The maximum Gasteiger partial charge on any atom is 0.323 e. The van der Waals surface area contributed by atoms with Gasteiger partial charge in [0.05, 0.1) is 11.9 Å². The summed E-state index contributed by atoms with van der Waals surface area (Å²) in [6.07, 6.45) is 9.60. The van der Waals surface area contributed by atoms with E-state index in [0.29, 0.717) is 11.3 Å². The summed E-state index contributed by atoms with van der Waals surface area (Å²) in [6.45, 7) is 0. The van der Waals surface area contributed by atoms with Crippen LogP contribution in [0.1, 0.15) is 0 Å². The van der Waals surface area contributed by atoms with Crippen LogP contribution >= 0.6 is 0 Å². The molecule has 0 radical (unpaired) electrons. The van der Waals surface area contributed by atoms with E-state index in [4.69, 9.17) is 0 Å². The van der Waals surface area contributed by atoms with Gasteiger partial charge in [-0.3, -0.25) is 9.79 Å². The van der Waals surface area contributed by atoms with Gasteiger partial charge in [0.1, 0.15) is 5.41 Å². The van der Waals surface area contributed by atoms with Gasteiger partial charge in [-0.25, -0.2) is 0 Å². The van der Waals surface area contributed by atoms with Crippen LogP contribution < -0.4 is 0 Å². The molecule has 5 heteroatoms. The summed E-state index contributed by atoms with van der Waals surface area (Å²) in [7, 11) is 0. The molecule has 16 heavy (non-hydrogen) atoms. The van der Waals surface area contributed by atoms with Crippen molar-refractivity contribution in [3.05, 3.63) is 35.6 Å². The lowest BCUT2D eigenvalue weighted by Gasteiger charge is -2.28. The molecule has 0 spiro atoms. The number of carboxylic acid groups (broad SMARTS) is 1. The summed E-state index contributed by atoms with van der Waals surface area (Å²) in [5.41, 5.74) is 0.919. The topological polar surface area (TPSA) is 74.4 Å². The van der Waals surface area contributed by atoms with E-state index in [1.807, 2.05) is 0 Å². The van der Waals surface area contributed by atoms with Crippen LogP contribution in [0.15, 0.2) is 50.8 Å². The van der Waals surface area contributed by atoms with Crippen LogP contribution in [0.4, 0.5) is 0 Å². The largest absolute Gasteiger partial charge is 0.480 e. The normalized spacial score (nSPS) is 29.1. The van der Waals surface area contributed by atoms with E-state index in [0.717, 1.165) is 5.57 Å². The summed E-state index contributed by atoms with van der Waals surface area (Å²) in [6, 6.07) is 0. The zero-order valence-corrected chi connectivity index (χ0v) is 8.16. The third-order valence-corrected chi connectivity index (χ3v) is 2.78. The fraction of sp³-hybridized carbons (Fsp3) is 0.0909. The Morgan fingerprint density at radius 1 is 1.44 bits per heavy atom.